The molecule has 0 fully saturated rings. The lowest BCUT2D eigenvalue weighted by molar-refractivity contribution is -0.146. The molecule has 8 heteroatoms. The average Bonchev–Trinajstić information content (AvgIpc) is 2.70. The van der Waals surface area contributed by atoms with Gasteiger partial charge in [0, 0.05) is 6.08 Å². The molecule has 0 aromatic heterocycles. The lowest BCUT2D eigenvalue weighted by Gasteiger charge is -2.08. The quantitative estimate of drug-likeness (QED) is 0.224. The van der Waals surface area contributed by atoms with Crippen molar-refractivity contribution in [3.05, 3.63) is 66.7 Å². The van der Waals surface area contributed by atoms with Gasteiger partial charge in [-0.3, -0.25) is 0 Å². The molecule has 0 spiro atoms. The topological polar surface area (TPSA) is 97.4 Å². The van der Waals surface area contributed by atoms with Gasteiger partial charge in [0.2, 0.25) is 6.79 Å². The molecule has 0 saturated carbocycles. The zero-order valence-corrected chi connectivity index (χ0v) is 15.1. The molecule has 2 rings (SSSR count). The van der Waals surface area contributed by atoms with Crippen LogP contribution in [0.25, 0.3) is 0 Å². The van der Waals surface area contributed by atoms with Gasteiger partial charge in [0.05, 0.1) is 12.2 Å². The van der Waals surface area contributed by atoms with E-state index >= 15 is 0 Å². The lowest BCUT2D eigenvalue weighted by Crippen LogP contribution is -2.15. The van der Waals surface area contributed by atoms with Crippen molar-refractivity contribution in [1.29, 1.82) is 0 Å². The van der Waals surface area contributed by atoms with Crippen LogP contribution in [0.3, 0.4) is 0 Å². The average molecular weight is 386 g/mol. The smallest absolute Gasteiger partial charge is 0.494 e. The van der Waals surface area contributed by atoms with E-state index in [-0.39, 0.29) is 11.3 Å². The van der Waals surface area contributed by atoms with Crippen LogP contribution in [0.2, 0.25) is 0 Å². The van der Waals surface area contributed by atoms with Crippen molar-refractivity contribution in [1.82, 2.24) is 0 Å². The van der Waals surface area contributed by atoms with Crippen molar-refractivity contribution >= 4 is 18.1 Å². The van der Waals surface area contributed by atoms with E-state index in [0.717, 1.165) is 6.08 Å². The molecule has 0 aliphatic carbocycles. The van der Waals surface area contributed by atoms with E-state index in [1.54, 1.807) is 24.3 Å². The Kier molecular flexibility index (Phi) is 7.59. The number of hydrogen-bond acceptors (Lipinski definition) is 8. The minimum absolute atomic E-state index is 0.137. The summed E-state index contributed by atoms with van der Waals surface area (Å²) in [6.07, 6.45) is -0.138. The maximum absolute atomic E-state index is 12.1. The summed E-state index contributed by atoms with van der Waals surface area (Å²) in [6, 6.07) is 12.3. The highest BCUT2D eigenvalue weighted by atomic mass is 16.8. The molecule has 0 atom stereocenters. The van der Waals surface area contributed by atoms with E-state index in [4.69, 9.17) is 14.2 Å². The first kappa shape index (κ1) is 20.5. The third-order valence-corrected chi connectivity index (χ3v) is 3.18. The second kappa shape index (κ2) is 10.4. The third kappa shape index (κ3) is 6.49. The van der Waals surface area contributed by atoms with E-state index in [2.05, 4.69) is 16.1 Å². The van der Waals surface area contributed by atoms with Crippen molar-refractivity contribution in [2.75, 3.05) is 13.4 Å². The first-order valence-electron chi connectivity index (χ1n) is 8.20. The summed E-state index contributed by atoms with van der Waals surface area (Å²) < 4.78 is 24.5. The van der Waals surface area contributed by atoms with Crippen LogP contribution in [0.15, 0.2) is 61.2 Å². The fourth-order valence-electron chi connectivity index (χ4n) is 1.92. The first-order valence-corrected chi connectivity index (χ1v) is 8.20. The molecule has 8 nitrogen and oxygen atoms in total. The monoisotopic (exact) mass is 386 g/mol. The number of rotatable bonds is 8. The Morgan fingerprint density at radius 1 is 0.857 bits per heavy atom. The summed E-state index contributed by atoms with van der Waals surface area (Å²) >= 11 is 0. The van der Waals surface area contributed by atoms with Crippen LogP contribution >= 0.6 is 0 Å². The van der Waals surface area contributed by atoms with E-state index in [9.17, 15) is 14.4 Å². The van der Waals surface area contributed by atoms with Gasteiger partial charge < -0.3 is 23.7 Å². The number of ether oxygens (including phenoxy) is 5. The zero-order valence-electron chi connectivity index (χ0n) is 15.1. The molecule has 0 aliphatic heterocycles. The number of benzene rings is 2. The summed E-state index contributed by atoms with van der Waals surface area (Å²) in [5.74, 6) is -0.128. The van der Waals surface area contributed by atoms with Gasteiger partial charge >= 0.3 is 18.1 Å². The van der Waals surface area contributed by atoms with Gasteiger partial charge in [0.1, 0.15) is 17.2 Å². The second-order valence-electron chi connectivity index (χ2n) is 5.10. The number of carbonyl (C=O) groups is 3. The highest BCUT2D eigenvalue weighted by molar-refractivity contribution is 5.91. The molecule has 0 amide bonds. The maximum Gasteiger partial charge on any atom is 0.516 e. The molecule has 0 heterocycles. The van der Waals surface area contributed by atoms with Crippen LogP contribution < -0.4 is 14.2 Å². The number of esters is 2. The van der Waals surface area contributed by atoms with Crippen LogP contribution in [0.4, 0.5) is 4.79 Å². The van der Waals surface area contributed by atoms with E-state index in [1.807, 2.05) is 6.92 Å². The highest BCUT2D eigenvalue weighted by Gasteiger charge is 2.11. The van der Waals surface area contributed by atoms with Crippen LogP contribution in [-0.2, 0) is 14.3 Å². The summed E-state index contributed by atoms with van der Waals surface area (Å²) in [7, 11) is 0. The molecule has 0 saturated heterocycles. The highest BCUT2D eigenvalue weighted by Crippen LogP contribution is 2.19. The minimum Gasteiger partial charge on any atom is -0.494 e. The van der Waals surface area contributed by atoms with Crippen molar-refractivity contribution in [2.24, 2.45) is 0 Å². The Hall–Kier alpha value is -3.81. The van der Waals surface area contributed by atoms with Gasteiger partial charge in [0.15, 0.2) is 0 Å². The molecular formula is C20H18O8. The van der Waals surface area contributed by atoms with Gasteiger partial charge in [-0.1, -0.05) is 6.58 Å². The zero-order chi connectivity index (χ0) is 20.4. The SMILES string of the molecule is C=CC(=O)OCOC(=O)Oc1ccc(C(=O)Oc2ccc(OCC)cc2)cc1. The van der Waals surface area contributed by atoms with Crippen LogP contribution in [0.1, 0.15) is 17.3 Å². The predicted octanol–water partition coefficient (Wildman–Crippen LogP) is 3.51. The summed E-state index contributed by atoms with van der Waals surface area (Å²) in [6.45, 7) is 5.01. The van der Waals surface area contributed by atoms with E-state index < -0.39 is 24.9 Å². The molecule has 0 radical (unpaired) electrons. The van der Waals surface area contributed by atoms with Crippen molar-refractivity contribution < 1.29 is 38.1 Å². The van der Waals surface area contributed by atoms with Crippen molar-refractivity contribution in [3.8, 4) is 17.2 Å². The Labute approximate surface area is 161 Å². The molecule has 0 aliphatic rings. The maximum atomic E-state index is 12.1. The third-order valence-electron chi connectivity index (χ3n) is 3.18. The Balaban J connectivity index is 1.85. The van der Waals surface area contributed by atoms with Crippen molar-refractivity contribution in [2.45, 2.75) is 6.92 Å². The number of carbonyl (C=O) groups excluding carboxylic acids is 3. The molecule has 146 valence electrons. The molecular weight excluding hydrogens is 368 g/mol. The van der Waals surface area contributed by atoms with Crippen LogP contribution in [0, 0.1) is 0 Å². The second-order valence-corrected chi connectivity index (χ2v) is 5.10. The molecule has 2 aromatic rings. The van der Waals surface area contributed by atoms with Gasteiger partial charge in [-0.2, -0.15) is 0 Å². The molecule has 0 N–H and O–H groups in total. The normalized spacial score (nSPS) is 9.75. The summed E-state index contributed by atoms with van der Waals surface area (Å²) in [4.78, 5) is 34.4. The fraction of sp³-hybridized carbons (Fsp3) is 0.150. The van der Waals surface area contributed by atoms with Gasteiger partial charge in [-0.05, 0) is 55.5 Å². The largest absolute Gasteiger partial charge is 0.516 e. The molecule has 28 heavy (non-hydrogen) atoms. The predicted molar refractivity (Wildman–Crippen MR) is 97.3 cm³/mol. The molecule has 0 bridgehead atoms. The van der Waals surface area contributed by atoms with Crippen LogP contribution in [-0.4, -0.2) is 31.5 Å². The fourth-order valence-corrected chi connectivity index (χ4v) is 1.92. The van der Waals surface area contributed by atoms with Gasteiger partial charge in [-0.25, -0.2) is 14.4 Å². The Morgan fingerprint density at radius 3 is 2.04 bits per heavy atom. The minimum atomic E-state index is -1.07. The van der Waals surface area contributed by atoms with E-state index in [1.165, 1.54) is 24.3 Å². The number of hydrogen-bond donors (Lipinski definition) is 0. The van der Waals surface area contributed by atoms with Gasteiger partial charge in [0.25, 0.3) is 0 Å². The first-order chi connectivity index (χ1) is 13.5. The lowest BCUT2D eigenvalue weighted by atomic mass is 10.2. The Bertz CT molecular complexity index is 824. The van der Waals surface area contributed by atoms with E-state index in [0.29, 0.717) is 18.1 Å². The van der Waals surface area contributed by atoms with Gasteiger partial charge in [-0.15, -0.1) is 0 Å². The molecule has 2 aromatic carbocycles. The Morgan fingerprint density at radius 2 is 1.43 bits per heavy atom. The van der Waals surface area contributed by atoms with Crippen molar-refractivity contribution in [3.63, 3.8) is 0 Å². The summed E-state index contributed by atoms with van der Waals surface area (Å²) in [5, 5.41) is 0. The molecule has 0 unspecified atom stereocenters. The summed E-state index contributed by atoms with van der Waals surface area (Å²) in [5.41, 5.74) is 0.259. The standard InChI is InChI=1S/C20H18O8/c1-3-18(21)25-13-26-20(23)28-17-7-5-14(6-8-17)19(22)27-16-11-9-15(10-12-16)24-4-2/h3,5-12H,1,4,13H2,2H3. The van der Waals surface area contributed by atoms with Crippen LogP contribution in [0.5, 0.6) is 17.2 Å².